The third kappa shape index (κ3) is 13.0. The summed E-state index contributed by atoms with van der Waals surface area (Å²) in [5.74, 6) is 0. The first-order chi connectivity index (χ1) is 58.2. The number of benzene rings is 15. The maximum atomic E-state index is 6.86. The fraction of sp³-hybridized carbons (Fsp3) is 0.211. The zero-order chi connectivity index (χ0) is 84.3. The van der Waals surface area contributed by atoms with E-state index in [1.165, 1.54) is 114 Å². The second-order valence-electron chi connectivity index (χ2n) is 40.9. The molecule has 8 heteroatoms. The molecular weight excluding hydrogens is 1520 g/mol. The second kappa shape index (κ2) is 27.9. The van der Waals surface area contributed by atoms with Gasteiger partial charge in [-0.25, -0.2) is 0 Å². The fourth-order valence-electron chi connectivity index (χ4n) is 19.6. The van der Waals surface area contributed by atoms with Crippen molar-refractivity contribution in [2.75, 3.05) is 9.80 Å². The molecule has 15 aromatic carbocycles. The first-order valence-electron chi connectivity index (χ1n) is 43.6. The number of hydrogen-bond acceptors (Lipinski definition) is 6. The molecule has 0 N–H and O–H groups in total. The molecule has 17 aromatic rings. The quantitative estimate of drug-likeness (QED) is 0.141. The van der Waals surface area contributed by atoms with Crippen molar-refractivity contribution >= 4 is 148 Å². The largest absolute Gasteiger partial charge is 0.456 e. The van der Waals surface area contributed by atoms with Crippen molar-refractivity contribution in [3.05, 3.63) is 325 Å². The second-order valence-corrected chi connectivity index (χ2v) is 43.1. The minimum atomic E-state index is -0.234. The summed E-state index contributed by atoms with van der Waals surface area (Å²) < 4.78 is 13.7. The minimum absolute atomic E-state index is 0.0745. The average Bonchev–Trinajstić information content (AvgIpc) is 0.825. The Morgan fingerprint density at radius 3 is 0.992 bits per heavy atom. The van der Waals surface area contributed by atoms with Gasteiger partial charge in [0.25, 0.3) is 0 Å². The Balaban J connectivity index is 0.924. The molecule has 0 saturated carbocycles. The molecule has 0 atom stereocenters. The zero-order valence-electron chi connectivity index (χ0n) is 73.4. The van der Waals surface area contributed by atoms with Crippen LogP contribution in [0.5, 0.6) is 0 Å². The molecular formula is C114H102B2N2O2S2. The monoisotopic (exact) mass is 1620 g/mol. The van der Waals surface area contributed by atoms with E-state index in [1.807, 2.05) is 23.5 Å². The van der Waals surface area contributed by atoms with Gasteiger partial charge < -0.3 is 18.6 Å². The molecule has 2 aromatic heterocycles. The summed E-state index contributed by atoms with van der Waals surface area (Å²) in [6, 6.07) is 113. The van der Waals surface area contributed by atoms with E-state index in [0.717, 1.165) is 117 Å². The highest BCUT2D eigenvalue weighted by Gasteiger charge is 2.48. The van der Waals surface area contributed by atoms with Crippen LogP contribution in [0.1, 0.15) is 158 Å². The van der Waals surface area contributed by atoms with Gasteiger partial charge in [-0.2, -0.15) is 0 Å². The van der Waals surface area contributed by atoms with E-state index in [0.29, 0.717) is 0 Å². The van der Waals surface area contributed by atoms with Gasteiger partial charge in [-0.05, 0) is 222 Å². The number of para-hydroxylation sites is 3. The van der Waals surface area contributed by atoms with Crippen LogP contribution in [0.25, 0.3) is 111 Å². The van der Waals surface area contributed by atoms with Gasteiger partial charge in [-0.1, -0.05) is 371 Å². The summed E-state index contributed by atoms with van der Waals surface area (Å²) in [5.41, 5.74) is 39.3. The predicted octanol–water partition coefficient (Wildman–Crippen LogP) is 28.8. The lowest BCUT2D eigenvalue weighted by atomic mass is 9.31. The Hall–Kier alpha value is -11.7. The molecule has 4 aliphatic rings. The van der Waals surface area contributed by atoms with E-state index in [4.69, 9.17) is 8.83 Å². The highest BCUT2D eigenvalue weighted by Crippen LogP contribution is 2.55. The van der Waals surface area contributed by atoms with Crippen molar-refractivity contribution in [3.63, 3.8) is 0 Å². The number of rotatable bonds is 8. The van der Waals surface area contributed by atoms with Crippen LogP contribution in [0.4, 0.5) is 34.1 Å². The molecule has 0 spiro atoms. The van der Waals surface area contributed by atoms with Gasteiger partial charge in [-0.3, -0.25) is 0 Å². The van der Waals surface area contributed by atoms with E-state index in [-0.39, 0.29) is 45.9 Å². The molecule has 0 radical (unpaired) electrons. The molecule has 4 nitrogen and oxygen atoms in total. The summed E-state index contributed by atoms with van der Waals surface area (Å²) >= 11 is 3.88. The summed E-state index contributed by atoms with van der Waals surface area (Å²) in [4.78, 5) is 10.5. The van der Waals surface area contributed by atoms with Crippen LogP contribution in [0.3, 0.4) is 0 Å². The van der Waals surface area contributed by atoms with Crippen LogP contribution in [0, 0.1) is 0 Å². The Kier molecular flexibility index (Phi) is 17.8. The topological polar surface area (TPSA) is 32.8 Å². The normalized spacial score (nSPS) is 13.9. The van der Waals surface area contributed by atoms with Crippen molar-refractivity contribution in [2.24, 2.45) is 0 Å². The Morgan fingerprint density at radius 2 is 0.582 bits per heavy atom. The number of nitrogens with zero attached hydrogens (tertiary/aromatic N) is 2. The molecule has 122 heavy (non-hydrogen) atoms. The van der Waals surface area contributed by atoms with Crippen molar-refractivity contribution in [2.45, 2.75) is 177 Å². The lowest BCUT2D eigenvalue weighted by molar-refractivity contribution is 0.568. The first-order valence-corrected chi connectivity index (χ1v) is 45.2. The highest BCUT2D eigenvalue weighted by atomic mass is 32.2. The molecule has 4 aliphatic heterocycles. The standard InChI is InChI=1S/C114H102B2N2O2S2/c1-109(2,3)75-50-71(51-76(60-75)110(4,5)6)69-46-48-88-100(56-69)121-102-58-73(82-38-30-44-98-104(82)86-36-25-27-42-96(86)119-98)54-94-106(102)115(88)90-65-91-93(66-92(90)117(94)81-63-79(113(13,14)15)62-80(64-81)114(16,17)18)118(108-84(67-32-21-19-22-33-67)40-29-41-85(108)68-34-23-20-24-35-68)95-55-74(83-39-31-45-99-105(83)87-37-26-28-43-97(87)120-99)59-103-107(95)116(91)89-49-47-70(57-101(89)122-103)72-52-77(111(7,8)9)61-78(53-72)112(10,11)12/h19-66H,1-18H3. The van der Waals surface area contributed by atoms with Crippen LogP contribution < -0.4 is 42.6 Å². The van der Waals surface area contributed by atoms with Crippen molar-refractivity contribution in [1.29, 1.82) is 0 Å². The number of anilines is 6. The summed E-state index contributed by atoms with van der Waals surface area (Å²) in [6.07, 6.45) is 0. The fourth-order valence-corrected chi connectivity index (χ4v) is 22.1. The molecule has 0 fully saturated rings. The summed E-state index contributed by atoms with van der Waals surface area (Å²) in [7, 11) is 0. The molecule has 0 saturated heterocycles. The number of hydrogen-bond donors (Lipinski definition) is 0. The third-order valence-corrected chi connectivity index (χ3v) is 28.7. The minimum Gasteiger partial charge on any atom is -0.456 e. The van der Waals surface area contributed by atoms with Gasteiger partial charge in [0.15, 0.2) is 0 Å². The molecule has 0 amide bonds. The van der Waals surface area contributed by atoms with E-state index < -0.39 is 0 Å². The van der Waals surface area contributed by atoms with Gasteiger partial charge >= 0.3 is 0 Å². The van der Waals surface area contributed by atoms with E-state index in [1.54, 1.807) is 0 Å². The smallest absolute Gasteiger partial charge is 0.249 e. The Morgan fingerprint density at radius 1 is 0.238 bits per heavy atom. The SMILES string of the molecule is CC(C)(C)c1cc(-c2ccc3c(c2)Sc2cc(-c4cccc5oc6ccccc6c45)cc4c2B3c2cc3c(cc2N4c2cc(C(C)(C)C)cc(C(C)(C)C)c2)N(c2c(-c4ccccc4)cccc2-c2ccccc2)c2cc(-c4cccc5oc6ccccc6c45)cc4c2B3c2ccc(-c3cc(C(C)(C)C)cc(C(C)(C)C)c3)cc2S4)cc(C(C)(C)C)c1. The van der Waals surface area contributed by atoms with E-state index in [2.05, 4.69) is 426 Å². The molecule has 0 aliphatic carbocycles. The van der Waals surface area contributed by atoms with Crippen LogP contribution in [-0.4, -0.2) is 13.4 Å². The number of fused-ring (bicyclic) bond motifs is 14. The van der Waals surface area contributed by atoms with Gasteiger partial charge in [0.1, 0.15) is 22.3 Å². The molecule has 0 bridgehead atoms. The number of furan rings is 2. The molecule has 598 valence electrons. The van der Waals surface area contributed by atoms with Crippen LogP contribution >= 0.6 is 23.5 Å². The van der Waals surface area contributed by atoms with Crippen LogP contribution in [-0.2, 0) is 32.5 Å². The van der Waals surface area contributed by atoms with Gasteiger partial charge in [-0.15, -0.1) is 0 Å². The Bertz CT molecular complexity index is 7070. The molecule has 6 heterocycles. The van der Waals surface area contributed by atoms with Gasteiger partial charge in [0.05, 0.1) is 5.69 Å². The maximum absolute atomic E-state index is 6.86. The summed E-state index contributed by atoms with van der Waals surface area (Å²) in [6.45, 7) is 42.1. The van der Waals surface area contributed by atoms with Crippen LogP contribution in [0.2, 0.25) is 0 Å². The lowest BCUT2D eigenvalue weighted by Crippen LogP contribution is -2.64. The Labute approximate surface area is 729 Å². The van der Waals surface area contributed by atoms with Crippen molar-refractivity contribution in [1.82, 2.24) is 0 Å². The van der Waals surface area contributed by atoms with Crippen molar-refractivity contribution in [3.8, 4) is 66.8 Å². The van der Waals surface area contributed by atoms with Gasteiger partial charge in [0, 0.05) is 80.7 Å². The highest BCUT2D eigenvalue weighted by molar-refractivity contribution is 8.00. The third-order valence-electron chi connectivity index (χ3n) is 26.4. The predicted molar refractivity (Wildman–Crippen MR) is 526 cm³/mol. The van der Waals surface area contributed by atoms with Crippen LogP contribution in [0.15, 0.2) is 320 Å². The van der Waals surface area contributed by atoms with Crippen molar-refractivity contribution < 1.29 is 8.83 Å². The summed E-state index contributed by atoms with van der Waals surface area (Å²) in [5, 5.41) is 4.43. The molecule has 0 unspecified atom stereocenters. The zero-order valence-corrected chi connectivity index (χ0v) is 75.0. The van der Waals surface area contributed by atoms with E-state index >= 15 is 0 Å². The average molecular weight is 1620 g/mol. The van der Waals surface area contributed by atoms with Gasteiger partial charge in [0.2, 0.25) is 13.4 Å². The molecule has 21 rings (SSSR count). The van der Waals surface area contributed by atoms with E-state index in [9.17, 15) is 0 Å². The maximum Gasteiger partial charge on any atom is 0.249 e. The first kappa shape index (κ1) is 77.6. The lowest BCUT2D eigenvalue weighted by Gasteiger charge is -2.45.